The molecular weight excluding hydrogens is 488 g/mol. The zero-order chi connectivity index (χ0) is 25.9. The number of methoxy groups -OCH3 is 2. The third-order valence-corrected chi connectivity index (χ3v) is 4.93. The van der Waals surface area contributed by atoms with Crippen LogP contribution < -0.4 is 29.1 Å². The van der Waals surface area contributed by atoms with Gasteiger partial charge in [0.2, 0.25) is 0 Å². The Morgan fingerprint density at radius 1 is 0.889 bits per heavy atom. The zero-order valence-electron chi connectivity index (χ0n) is 19.9. The summed E-state index contributed by atoms with van der Waals surface area (Å²) in [6, 6.07) is 16.3. The number of hydrogen-bond donors (Lipinski definition) is 1. The van der Waals surface area contributed by atoms with Crippen LogP contribution in [0.15, 0.2) is 65.8 Å². The first-order chi connectivity index (χ1) is 17.4. The highest BCUT2D eigenvalue weighted by Gasteiger charge is 2.16. The van der Waals surface area contributed by atoms with Crippen LogP contribution in [0.1, 0.15) is 22.8 Å². The second-order valence-corrected chi connectivity index (χ2v) is 7.57. The Balaban J connectivity index is 1.62. The van der Waals surface area contributed by atoms with E-state index >= 15 is 0 Å². The first-order valence-electron chi connectivity index (χ1n) is 10.8. The van der Waals surface area contributed by atoms with E-state index < -0.39 is 11.9 Å². The minimum Gasteiger partial charge on any atom is -0.493 e. The molecule has 0 atom stereocenters. The van der Waals surface area contributed by atoms with Crippen molar-refractivity contribution in [3.05, 3.63) is 76.8 Å². The second kappa shape index (κ2) is 13.0. The van der Waals surface area contributed by atoms with E-state index in [1.54, 1.807) is 54.6 Å². The Bertz CT molecular complexity index is 1230. The number of amides is 1. The van der Waals surface area contributed by atoms with Crippen molar-refractivity contribution in [2.75, 3.05) is 27.4 Å². The van der Waals surface area contributed by atoms with Gasteiger partial charge in [0.15, 0.2) is 29.6 Å². The predicted molar refractivity (Wildman–Crippen MR) is 135 cm³/mol. The topological polar surface area (TPSA) is 105 Å². The summed E-state index contributed by atoms with van der Waals surface area (Å²) in [5.74, 6) is 0.957. The van der Waals surface area contributed by atoms with Gasteiger partial charge in [0, 0.05) is 5.02 Å². The third kappa shape index (κ3) is 7.38. The number of nitrogens with one attached hydrogen (secondary N) is 1. The molecule has 0 heterocycles. The number of halogens is 1. The van der Waals surface area contributed by atoms with Crippen molar-refractivity contribution in [2.45, 2.75) is 6.92 Å². The van der Waals surface area contributed by atoms with Crippen LogP contribution in [0.5, 0.6) is 28.7 Å². The van der Waals surface area contributed by atoms with Crippen LogP contribution in [0.25, 0.3) is 0 Å². The van der Waals surface area contributed by atoms with E-state index in [0.29, 0.717) is 40.2 Å². The van der Waals surface area contributed by atoms with E-state index in [0.717, 1.165) is 0 Å². The summed E-state index contributed by atoms with van der Waals surface area (Å²) in [4.78, 5) is 24.6. The van der Waals surface area contributed by atoms with Crippen LogP contribution >= 0.6 is 11.6 Å². The van der Waals surface area contributed by atoms with Crippen LogP contribution in [0, 0.1) is 0 Å². The van der Waals surface area contributed by atoms with Crippen LogP contribution in [0.4, 0.5) is 0 Å². The summed E-state index contributed by atoms with van der Waals surface area (Å²) >= 11 is 5.82. The number of ether oxygens (including phenoxy) is 5. The van der Waals surface area contributed by atoms with Gasteiger partial charge in [-0.2, -0.15) is 5.10 Å². The van der Waals surface area contributed by atoms with E-state index in [1.807, 2.05) is 6.92 Å². The first kappa shape index (κ1) is 26.4. The second-order valence-electron chi connectivity index (χ2n) is 7.13. The highest BCUT2D eigenvalue weighted by Crippen LogP contribution is 2.31. The van der Waals surface area contributed by atoms with Crippen LogP contribution in [0.2, 0.25) is 5.02 Å². The van der Waals surface area contributed by atoms with Gasteiger partial charge in [-0.05, 0) is 73.2 Å². The summed E-state index contributed by atoms with van der Waals surface area (Å²) in [5, 5.41) is 4.50. The Labute approximate surface area is 213 Å². The number of benzene rings is 3. The van der Waals surface area contributed by atoms with Gasteiger partial charge in [0.05, 0.1) is 32.6 Å². The summed E-state index contributed by atoms with van der Waals surface area (Å²) in [5.41, 5.74) is 3.28. The van der Waals surface area contributed by atoms with E-state index in [-0.39, 0.29) is 17.9 Å². The standard InChI is InChI=1S/C26H25ClN2O7/c1-4-34-24-13-17(15-28-29-25(30)16-35-20-9-7-19(27)8-10-20)5-11-22(24)36-26(31)18-6-12-21(32-2)23(14-18)33-3/h5-15H,4,16H2,1-3H3,(H,29,30). The molecule has 10 heteroatoms. The van der Waals surface area contributed by atoms with Crippen LogP contribution in [-0.4, -0.2) is 45.5 Å². The van der Waals surface area contributed by atoms with Crippen molar-refractivity contribution in [3.63, 3.8) is 0 Å². The summed E-state index contributed by atoms with van der Waals surface area (Å²) in [6.45, 7) is 1.94. The molecule has 9 nitrogen and oxygen atoms in total. The number of hydrogen-bond acceptors (Lipinski definition) is 8. The maximum absolute atomic E-state index is 12.7. The lowest BCUT2D eigenvalue weighted by molar-refractivity contribution is -0.123. The molecule has 0 aliphatic heterocycles. The summed E-state index contributed by atoms with van der Waals surface area (Å²) in [6.07, 6.45) is 1.43. The molecule has 0 unspecified atom stereocenters. The minimum atomic E-state index is -0.591. The highest BCUT2D eigenvalue weighted by atomic mass is 35.5. The Morgan fingerprint density at radius 3 is 2.31 bits per heavy atom. The molecule has 0 spiro atoms. The Kier molecular flexibility index (Phi) is 9.53. The molecule has 3 aromatic carbocycles. The number of rotatable bonds is 11. The fourth-order valence-electron chi connectivity index (χ4n) is 2.97. The lowest BCUT2D eigenvalue weighted by Gasteiger charge is -2.12. The lowest BCUT2D eigenvalue weighted by atomic mass is 10.2. The van der Waals surface area contributed by atoms with Crippen LogP contribution in [-0.2, 0) is 4.79 Å². The molecule has 0 aromatic heterocycles. The molecule has 1 amide bonds. The number of carbonyl (C=O) groups is 2. The molecular formula is C26H25ClN2O7. The average molecular weight is 513 g/mol. The van der Waals surface area contributed by atoms with E-state index in [1.165, 1.54) is 26.5 Å². The molecule has 0 radical (unpaired) electrons. The highest BCUT2D eigenvalue weighted by molar-refractivity contribution is 6.30. The lowest BCUT2D eigenvalue weighted by Crippen LogP contribution is -2.24. The normalized spacial score (nSPS) is 10.6. The fourth-order valence-corrected chi connectivity index (χ4v) is 3.10. The van der Waals surface area contributed by atoms with E-state index in [4.69, 9.17) is 35.3 Å². The van der Waals surface area contributed by atoms with Gasteiger partial charge in [-0.15, -0.1) is 0 Å². The number of hydrazone groups is 1. The van der Waals surface area contributed by atoms with Gasteiger partial charge < -0.3 is 23.7 Å². The number of nitrogens with zero attached hydrogens (tertiary/aromatic N) is 1. The van der Waals surface area contributed by atoms with Gasteiger partial charge in [0.25, 0.3) is 5.91 Å². The SMILES string of the molecule is CCOc1cc(C=NNC(=O)COc2ccc(Cl)cc2)ccc1OC(=O)c1ccc(OC)c(OC)c1. The molecule has 3 aromatic rings. The van der Waals surface area contributed by atoms with Crippen molar-refractivity contribution < 1.29 is 33.3 Å². The van der Waals surface area contributed by atoms with E-state index in [9.17, 15) is 9.59 Å². The minimum absolute atomic E-state index is 0.214. The molecule has 1 N–H and O–H groups in total. The number of carbonyl (C=O) groups excluding carboxylic acids is 2. The van der Waals surface area contributed by atoms with Gasteiger partial charge in [-0.25, -0.2) is 10.2 Å². The van der Waals surface area contributed by atoms with Crippen molar-refractivity contribution in [3.8, 4) is 28.7 Å². The third-order valence-electron chi connectivity index (χ3n) is 4.68. The largest absolute Gasteiger partial charge is 0.493 e. The fraction of sp³-hybridized carbons (Fsp3) is 0.192. The maximum atomic E-state index is 12.7. The molecule has 36 heavy (non-hydrogen) atoms. The molecule has 0 bridgehead atoms. The maximum Gasteiger partial charge on any atom is 0.343 e. The van der Waals surface area contributed by atoms with Crippen molar-refractivity contribution in [1.82, 2.24) is 5.43 Å². The molecule has 0 saturated carbocycles. The van der Waals surface area contributed by atoms with Crippen LogP contribution in [0.3, 0.4) is 0 Å². The molecule has 0 fully saturated rings. The smallest absolute Gasteiger partial charge is 0.343 e. The number of esters is 1. The zero-order valence-corrected chi connectivity index (χ0v) is 20.7. The summed E-state index contributed by atoms with van der Waals surface area (Å²) < 4.78 is 26.9. The van der Waals surface area contributed by atoms with Crippen molar-refractivity contribution in [2.24, 2.45) is 5.10 Å². The molecule has 0 aliphatic carbocycles. The van der Waals surface area contributed by atoms with Gasteiger partial charge in [-0.3, -0.25) is 4.79 Å². The molecule has 0 aliphatic rings. The Morgan fingerprint density at radius 2 is 1.61 bits per heavy atom. The first-order valence-corrected chi connectivity index (χ1v) is 11.2. The monoisotopic (exact) mass is 512 g/mol. The summed E-state index contributed by atoms with van der Waals surface area (Å²) in [7, 11) is 2.99. The van der Waals surface area contributed by atoms with E-state index in [2.05, 4.69) is 10.5 Å². The molecule has 3 rings (SSSR count). The Hall–Kier alpha value is -4.24. The van der Waals surface area contributed by atoms with Crippen molar-refractivity contribution in [1.29, 1.82) is 0 Å². The van der Waals surface area contributed by atoms with Crippen molar-refractivity contribution >= 4 is 29.7 Å². The van der Waals surface area contributed by atoms with Gasteiger partial charge in [0.1, 0.15) is 5.75 Å². The predicted octanol–water partition coefficient (Wildman–Crippen LogP) is 4.50. The molecule has 0 saturated heterocycles. The average Bonchev–Trinajstić information content (AvgIpc) is 2.89. The van der Waals surface area contributed by atoms with Gasteiger partial charge in [-0.1, -0.05) is 11.6 Å². The van der Waals surface area contributed by atoms with Gasteiger partial charge >= 0.3 is 5.97 Å². The quantitative estimate of drug-likeness (QED) is 0.174. The molecule has 188 valence electrons.